The summed E-state index contributed by atoms with van der Waals surface area (Å²) in [4.78, 5) is 4.47. The molecule has 0 spiro atoms. The predicted octanol–water partition coefficient (Wildman–Crippen LogP) is 2.46. The fourth-order valence-corrected chi connectivity index (χ4v) is 1.08. The molecule has 2 nitrogen and oxygen atoms in total. The number of rotatable bonds is 2. The molecule has 0 saturated carbocycles. The first-order chi connectivity index (χ1) is 6.15. The van der Waals surface area contributed by atoms with Gasteiger partial charge in [0, 0.05) is 11.8 Å². The van der Waals surface area contributed by atoms with E-state index in [1.165, 1.54) is 0 Å². The zero-order valence-electron chi connectivity index (χ0n) is 8.21. The fourth-order valence-electron chi connectivity index (χ4n) is 1.02. The van der Waals surface area contributed by atoms with Crippen molar-refractivity contribution >= 4 is 17.4 Å². The normalized spacial score (nSPS) is 26.5. The van der Waals surface area contributed by atoms with E-state index in [9.17, 15) is 0 Å². The molecule has 0 saturated heterocycles. The molecule has 0 aromatic rings. The van der Waals surface area contributed by atoms with Crippen LogP contribution in [0.2, 0.25) is 0 Å². The lowest BCUT2D eigenvalue weighted by molar-refractivity contribution is 0.723. The maximum Gasteiger partial charge on any atom is 0.132 e. The van der Waals surface area contributed by atoms with Gasteiger partial charge >= 0.3 is 0 Å². The van der Waals surface area contributed by atoms with Gasteiger partial charge in [-0.15, -0.1) is 11.6 Å². The number of hydrogen-bond donors (Lipinski definition) is 1. The summed E-state index contributed by atoms with van der Waals surface area (Å²) < 4.78 is 0. The molecule has 1 unspecified atom stereocenters. The van der Waals surface area contributed by atoms with E-state index >= 15 is 0 Å². The van der Waals surface area contributed by atoms with Gasteiger partial charge in [0.1, 0.15) is 5.84 Å². The molecule has 0 fully saturated rings. The molecule has 3 heteroatoms. The Hall–Kier alpha value is -0.760. The Morgan fingerprint density at radius 1 is 1.54 bits per heavy atom. The molecule has 72 valence electrons. The van der Waals surface area contributed by atoms with Crippen molar-refractivity contribution < 1.29 is 0 Å². The predicted molar refractivity (Wildman–Crippen MR) is 58.2 cm³/mol. The van der Waals surface area contributed by atoms with E-state index in [0.29, 0.717) is 0 Å². The van der Waals surface area contributed by atoms with Gasteiger partial charge in [-0.05, 0) is 26.8 Å². The van der Waals surface area contributed by atoms with Crippen molar-refractivity contribution in [3.8, 4) is 0 Å². The molecule has 0 radical (unpaired) electrons. The van der Waals surface area contributed by atoms with Crippen molar-refractivity contribution in [1.82, 2.24) is 5.32 Å². The molecule has 0 aromatic heterocycles. The molecular weight excluding hydrogens is 184 g/mol. The summed E-state index contributed by atoms with van der Waals surface area (Å²) in [5.41, 5.74) is 1.13. The van der Waals surface area contributed by atoms with Crippen molar-refractivity contribution in [2.45, 2.75) is 32.2 Å². The van der Waals surface area contributed by atoms with Crippen LogP contribution >= 0.6 is 11.6 Å². The summed E-state index contributed by atoms with van der Waals surface area (Å²) in [5.74, 6) is 0.919. The summed E-state index contributed by atoms with van der Waals surface area (Å²) in [5, 5.41) is 3.15. The van der Waals surface area contributed by atoms with E-state index in [1.54, 1.807) is 0 Å². The molecule has 13 heavy (non-hydrogen) atoms. The lowest BCUT2D eigenvalue weighted by Crippen LogP contribution is -2.20. The molecule has 0 aromatic carbocycles. The molecule has 2 atom stereocenters. The second-order valence-corrected chi connectivity index (χ2v) is 3.81. The first-order valence-corrected chi connectivity index (χ1v) is 4.90. The fraction of sp³-hybridized carbons (Fsp3) is 0.500. The average molecular weight is 199 g/mol. The number of amidine groups is 1. The van der Waals surface area contributed by atoms with Crippen LogP contribution in [0.3, 0.4) is 0 Å². The second kappa shape index (κ2) is 4.47. The van der Waals surface area contributed by atoms with Crippen LogP contribution < -0.4 is 5.32 Å². The number of halogens is 1. The molecular formula is C10H15ClN2. The Morgan fingerprint density at radius 3 is 2.77 bits per heavy atom. The molecule has 1 N–H and O–H groups in total. The average Bonchev–Trinajstić information content (AvgIpc) is 2.51. The Kier molecular flexibility index (Phi) is 3.55. The third-order valence-electron chi connectivity index (χ3n) is 2.06. The topological polar surface area (TPSA) is 24.4 Å². The standard InChI is InChI=1S/C10H15ClN2/c1-4-9-5-6-12-10(9)13-8(3)7(2)11/h4-8H,1-3H3,(H,12,13)/b9-4-/t7?,8-/m0/s1. The molecule has 0 aliphatic carbocycles. The van der Waals surface area contributed by atoms with Gasteiger partial charge in [0.25, 0.3) is 0 Å². The van der Waals surface area contributed by atoms with Crippen LogP contribution in [0.1, 0.15) is 20.8 Å². The highest BCUT2D eigenvalue weighted by atomic mass is 35.5. The number of nitrogens with one attached hydrogen (secondary N) is 1. The Labute approximate surface area is 84.4 Å². The first kappa shape index (κ1) is 10.3. The van der Waals surface area contributed by atoms with Crippen molar-refractivity contribution in [2.75, 3.05) is 0 Å². The number of allylic oxidation sites excluding steroid dienone is 1. The highest BCUT2D eigenvalue weighted by Crippen LogP contribution is 2.10. The second-order valence-electron chi connectivity index (χ2n) is 3.12. The molecule has 0 amide bonds. The van der Waals surface area contributed by atoms with Crippen LogP contribution in [-0.4, -0.2) is 17.3 Å². The summed E-state index contributed by atoms with van der Waals surface area (Å²) in [6.07, 6.45) is 5.92. The van der Waals surface area contributed by atoms with E-state index in [2.05, 4.69) is 10.3 Å². The van der Waals surface area contributed by atoms with Crippen molar-refractivity contribution in [3.05, 3.63) is 23.9 Å². The lowest BCUT2D eigenvalue weighted by atomic mass is 10.2. The summed E-state index contributed by atoms with van der Waals surface area (Å²) >= 11 is 5.92. The smallest absolute Gasteiger partial charge is 0.132 e. The first-order valence-electron chi connectivity index (χ1n) is 4.46. The van der Waals surface area contributed by atoms with Crippen LogP contribution in [0.25, 0.3) is 0 Å². The third kappa shape index (κ3) is 2.59. The maximum absolute atomic E-state index is 5.92. The van der Waals surface area contributed by atoms with Crippen LogP contribution in [-0.2, 0) is 0 Å². The minimum absolute atomic E-state index is 0.0630. The lowest BCUT2D eigenvalue weighted by Gasteiger charge is -2.10. The van der Waals surface area contributed by atoms with E-state index in [-0.39, 0.29) is 11.4 Å². The number of aliphatic imine (C=N–C) groups is 1. The highest BCUT2D eigenvalue weighted by Gasteiger charge is 2.12. The monoisotopic (exact) mass is 198 g/mol. The van der Waals surface area contributed by atoms with Gasteiger partial charge in [0.05, 0.1) is 11.4 Å². The number of nitrogens with zero attached hydrogens (tertiary/aromatic N) is 1. The largest absolute Gasteiger partial charge is 0.346 e. The number of hydrogen-bond acceptors (Lipinski definition) is 1. The van der Waals surface area contributed by atoms with Gasteiger partial charge in [-0.2, -0.15) is 0 Å². The highest BCUT2D eigenvalue weighted by molar-refractivity contribution is 6.21. The quantitative estimate of drug-likeness (QED) is 0.678. The molecule has 1 rings (SSSR count). The van der Waals surface area contributed by atoms with Gasteiger partial charge in [-0.25, -0.2) is 0 Å². The van der Waals surface area contributed by atoms with Crippen LogP contribution in [0.5, 0.6) is 0 Å². The molecule has 1 aliphatic rings. The van der Waals surface area contributed by atoms with E-state index < -0.39 is 0 Å². The van der Waals surface area contributed by atoms with Gasteiger partial charge in [-0.3, -0.25) is 4.99 Å². The third-order valence-corrected chi connectivity index (χ3v) is 2.43. The van der Waals surface area contributed by atoms with Crippen molar-refractivity contribution in [2.24, 2.45) is 4.99 Å². The number of alkyl halides is 1. The minimum Gasteiger partial charge on any atom is -0.346 e. The maximum atomic E-state index is 5.92. The van der Waals surface area contributed by atoms with E-state index in [0.717, 1.165) is 11.4 Å². The van der Waals surface area contributed by atoms with Crippen LogP contribution in [0.4, 0.5) is 0 Å². The van der Waals surface area contributed by atoms with Crippen molar-refractivity contribution in [1.29, 1.82) is 0 Å². The summed E-state index contributed by atoms with van der Waals surface area (Å²) in [7, 11) is 0. The van der Waals surface area contributed by atoms with Crippen molar-refractivity contribution in [3.63, 3.8) is 0 Å². The van der Waals surface area contributed by atoms with Crippen LogP contribution in [0.15, 0.2) is 28.9 Å². The zero-order valence-corrected chi connectivity index (χ0v) is 8.97. The summed E-state index contributed by atoms with van der Waals surface area (Å²) in [6.45, 7) is 5.96. The minimum atomic E-state index is 0.0630. The molecule has 1 aliphatic heterocycles. The van der Waals surface area contributed by atoms with Gasteiger partial charge in [0.15, 0.2) is 0 Å². The Morgan fingerprint density at radius 2 is 2.23 bits per heavy atom. The van der Waals surface area contributed by atoms with Gasteiger partial charge in [-0.1, -0.05) is 6.08 Å². The zero-order chi connectivity index (χ0) is 9.84. The SMILES string of the molecule is C/C=C1/C=CNC1=N[C@@H](C)C(C)Cl. The summed E-state index contributed by atoms with van der Waals surface area (Å²) in [6, 6.07) is 0.138. The van der Waals surface area contributed by atoms with Gasteiger partial charge < -0.3 is 5.32 Å². The Balaban J connectivity index is 2.73. The Bertz CT molecular complexity index is 264. The molecule has 1 heterocycles. The van der Waals surface area contributed by atoms with Gasteiger partial charge in [0.2, 0.25) is 0 Å². The van der Waals surface area contributed by atoms with Crippen LogP contribution in [0, 0.1) is 0 Å². The molecule has 0 bridgehead atoms. The van der Waals surface area contributed by atoms with E-state index in [4.69, 9.17) is 11.6 Å². The van der Waals surface area contributed by atoms with E-state index in [1.807, 2.05) is 39.1 Å².